The van der Waals surface area contributed by atoms with Gasteiger partial charge in [-0.25, -0.2) is 4.98 Å². The summed E-state index contributed by atoms with van der Waals surface area (Å²) >= 11 is 3.56. The molecule has 96 valence electrons. The summed E-state index contributed by atoms with van der Waals surface area (Å²) in [6, 6.07) is 17.4. The maximum atomic E-state index is 9.03. The first-order valence-electron chi connectivity index (χ1n) is 6.00. The molecular weight excluding hydrogens is 316 g/mol. The Morgan fingerprint density at radius 1 is 1.00 bits per heavy atom. The van der Waals surface area contributed by atoms with Crippen LogP contribution >= 0.6 is 15.9 Å². The van der Waals surface area contributed by atoms with E-state index in [1.54, 1.807) is 18.3 Å². The molecule has 0 fully saturated rings. The van der Waals surface area contributed by atoms with Gasteiger partial charge in [-0.1, -0.05) is 30.3 Å². The third-order valence-corrected chi connectivity index (χ3v) is 3.74. The van der Waals surface area contributed by atoms with Crippen molar-refractivity contribution in [1.29, 1.82) is 5.26 Å². The summed E-state index contributed by atoms with van der Waals surface area (Å²) in [7, 11) is 0. The Morgan fingerprint density at radius 3 is 2.70 bits per heavy atom. The standard InChI is InChI=1S/C16H9BrN2O/c17-16-12-5-2-1-4-11(12)7-8-15(16)20-14-6-3-9-19-13(14)10-18/h1-9H. The van der Waals surface area contributed by atoms with E-state index in [0.717, 1.165) is 15.2 Å². The molecule has 4 heteroatoms. The van der Waals surface area contributed by atoms with Gasteiger partial charge in [0.15, 0.2) is 11.4 Å². The van der Waals surface area contributed by atoms with Crippen molar-refractivity contribution in [1.82, 2.24) is 4.98 Å². The van der Waals surface area contributed by atoms with Gasteiger partial charge in [-0.05, 0) is 44.9 Å². The minimum atomic E-state index is 0.271. The van der Waals surface area contributed by atoms with E-state index in [9.17, 15) is 0 Å². The number of benzene rings is 2. The predicted molar refractivity (Wildman–Crippen MR) is 80.7 cm³/mol. The van der Waals surface area contributed by atoms with Crippen LogP contribution in [0, 0.1) is 11.3 Å². The molecule has 0 bridgehead atoms. The molecule has 0 aliphatic rings. The monoisotopic (exact) mass is 324 g/mol. The van der Waals surface area contributed by atoms with Crippen molar-refractivity contribution in [3.63, 3.8) is 0 Å². The Bertz CT molecular complexity index is 824. The second-order valence-electron chi connectivity index (χ2n) is 4.16. The molecule has 3 rings (SSSR count). The maximum Gasteiger partial charge on any atom is 0.183 e. The van der Waals surface area contributed by atoms with Crippen LogP contribution in [0.5, 0.6) is 11.5 Å². The van der Waals surface area contributed by atoms with Gasteiger partial charge in [-0.2, -0.15) is 5.26 Å². The molecule has 20 heavy (non-hydrogen) atoms. The topological polar surface area (TPSA) is 45.9 Å². The van der Waals surface area contributed by atoms with Gasteiger partial charge in [0, 0.05) is 6.20 Å². The SMILES string of the molecule is N#Cc1ncccc1Oc1ccc2ccccc2c1Br. The lowest BCUT2D eigenvalue weighted by Crippen LogP contribution is -1.91. The van der Waals surface area contributed by atoms with E-state index < -0.39 is 0 Å². The lowest BCUT2D eigenvalue weighted by atomic mass is 10.1. The average molecular weight is 325 g/mol. The Hall–Kier alpha value is -2.38. The van der Waals surface area contributed by atoms with Crippen molar-refractivity contribution in [2.45, 2.75) is 0 Å². The first-order valence-corrected chi connectivity index (χ1v) is 6.79. The van der Waals surface area contributed by atoms with E-state index in [1.807, 2.05) is 42.5 Å². The van der Waals surface area contributed by atoms with Crippen LogP contribution < -0.4 is 4.74 Å². The Morgan fingerprint density at radius 2 is 1.85 bits per heavy atom. The highest BCUT2D eigenvalue weighted by molar-refractivity contribution is 9.10. The number of rotatable bonds is 2. The van der Waals surface area contributed by atoms with Gasteiger partial charge < -0.3 is 4.74 Å². The molecule has 0 unspecified atom stereocenters. The third-order valence-electron chi connectivity index (χ3n) is 2.92. The van der Waals surface area contributed by atoms with Gasteiger partial charge in [0.25, 0.3) is 0 Å². The van der Waals surface area contributed by atoms with E-state index >= 15 is 0 Å². The number of fused-ring (bicyclic) bond motifs is 1. The van der Waals surface area contributed by atoms with Crippen molar-refractivity contribution in [3.05, 3.63) is 64.9 Å². The minimum absolute atomic E-state index is 0.271. The molecule has 1 heterocycles. The lowest BCUT2D eigenvalue weighted by molar-refractivity contribution is 0.476. The van der Waals surface area contributed by atoms with Crippen molar-refractivity contribution in [2.24, 2.45) is 0 Å². The summed E-state index contributed by atoms with van der Waals surface area (Å²) in [6.07, 6.45) is 1.57. The molecule has 2 aromatic carbocycles. The van der Waals surface area contributed by atoms with Gasteiger partial charge in [0.1, 0.15) is 11.8 Å². The zero-order valence-electron chi connectivity index (χ0n) is 10.4. The van der Waals surface area contributed by atoms with Gasteiger partial charge >= 0.3 is 0 Å². The Labute approximate surface area is 124 Å². The number of halogens is 1. The van der Waals surface area contributed by atoms with Crippen molar-refractivity contribution in [3.8, 4) is 17.6 Å². The fraction of sp³-hybridized carbons (Fsp3) is 0. The normalized spacial score (nSPS) is 10.2. The summed E-state index contributed by atoms with van der Waals surface area (Å²) in [6.45, 7) is 0. The van der Waals surface area contributed by atoms with Crippen LogP contribution in [0.25, 0.3) is 10.8 Å². The number of pyridine rings is 1. The fourth-order valence-electron chi connectivity index (χ4n) is 1.97. The van der Waals surface area contributed by atoms with Crippen LogP contribution in [0.1, 0.15) is 5.69 Å². The third kappa shape index (κ3) is 2.24. The number of nitrogens with zero attached hydrogens (tertiary/aromatic N) is 2. The number of nitriles is 1. The highest BCUT2D eigenvalue weighted by atomic mass is 79.9. The predicted octanol–water partition coefficient (Wildman–Crippen LogP) is 4.66. The van der Waals surface area contributed by atoms with Crippen LogP contribution in [-0.4, -0.2) is 4.98 Å². The molecule has 0 aliphatic carbocycles. The average Bonchev–Trinajstić information content (AvgIpc) is 2.51. The van der Waals surface area contributed by atoms with E-state index in [-0.39, 0.29) is 5.69 Å². The molecule has 1 aromatic heterocycles. The van der Waals surface area contributed by atoms with E-state index in [1.165, 1.54) is 0 Å². The van der Waals surface area contributed by atoms with Gasteiger partial charge in [-0.3, -0.25) is 0 Å². The minimum Gasteiger partial charge on any atom is -0.453 e. The molecule has 0 spiro atoms. The molecular formula is C16H9BrN2O. The molecule has 0 atom stereocenters. The van der Waals surface area contributed by atoms with E-state index in [4.69, 9.17) is 10.00 Å². The second kappa shape index (κ2) is 5.32. The van der Waals surface area contributed by atoms with E-state index in [0.29, 0.717) is 11.5 Å². The zero-order valence-corrected chi connectivity index (χ0v) is 12.0. The molecule has 0 N–H and O–H groups in total. The number of ether oxygens (including phenoxy) is 1. The van der Waals surface area contributed by atoms with E-state index in [2.05, 4.69) is 20.9 Å². The van der Waals surface area contributed by atoms with Crippen LogP contribution in [-0.2, 0) is 0 Å². The van der Waals surface area contributed by atoms with Crippen LogP contribution in [0.4, 0.5) is 0 Å². The van der Waals surface area contributed by atoms with Gasteiger partial charge in [-0.15, -0.1) is 0 Å². The van der Waals surface area contributed by atoms with Crippen LogP contribution in [0.3, 0.4) is 0 Å². The quantitative estimate of drug-likeness (QED) is 0.688. The summed E-state index contributed by atoms with van der Waals surface area (Å²) < 4.78 is 6.67. The first kappa shape index (κ1) is 12.6. The summed E-state index contributed by atoms with van der Waals surface area (Å²) in [5.74, 6) is 1.11. The molecule has 3 aromatic rings. The zero-order chi connectivity index (χ0) is 13.9. The molecule has 3 nitrogen and oxygen atoms in total. The first-order chi connectivity index (χ1) is 9.79. The van der Waals surface area contributed by atoms with Crippen molar-refractivity contribution in [2.75, 3.05) is 0 Å². The number of hydrogen-bond donors (Lipinski definition) is 0. The summed E-state index contributed by atoms with van der Waals surface area (Å²) in [5, 5.41) is 11.2. The Balaban J connectivity index is 2.08. The highest BCUT2D eigenvalue weighted by Gasteiger charge is 2.10. The van der Waals surface area contributed by atoms with Crippen LogP contribution in [0.2, 0.25) is 0 Å². The smallest absolute Gasteiger partial charge is 0.183 e. The Kier molecular flexibility index (Phi) is 3.36. The van der Waals surface area contributed by atoms with Crippen molar-refractivity contribution < 1.29 is 4.74 Å². The number of hydrogen-bond acceptors (Lipinski definition) is 3. The highest BCUT2D eigenvalue weighted by Crippen LogP contribution is 2.36. The molecule has 0 aliphatic heterocycles. The number of aromatic nitrogens is 1. The van der Waals surface area contributed by atoms with Gasteiger partial charge in [0.2, 0.25) is 0 Å². The molecule has 0 amide bonds. The van der Waals surface area contributed by atoms with Crippen LogP contribution in [0.15, 0.2) is 59.2 Å². The molecule has 0 radical (unpaired) electrons. The summed E-state index contributed by atoms with van der Waals surface area (Å²) in [5.41, 5.74) is 0.271. The molecule has 0 saturated heterocycles. The summed E-state index contributed by atoms with van der Waals surface area (Å²) in [4.78, 5) is 3.98. The fourth-order valence-corrected chi connectivity index (χ4v) is 2.54. The largest absolute Gasteiger partial charge is 0.453 e. The second-order valence-corrected chi connectivity index (χ2v) is 4.96. The maximum absolute atomic E-state index is 9.03. The van der Waals surface area contributed by atoms with Crippen molar-refractivity contribution >= 4 is 26.7 Å². The lowest BCUT2D eigenvalue weighted by Gasteiger charge is -2.10. The van der Waals surface area contributed by atoms with Gasteiger partial charge in [0.05, 0.1) is 4.47 Å². The molecule has 0 saturated carbocycles.